The lowest BCUT2D eigenvalue weighted by atomic mass is 10.1. The van der Waals surface area contributed by atoms with E-state index in [1.54, 1.807) is 30.3 Å². The zero-order valence-electron chi connectivity index (χ0n) is 10.2. The van der Waals surface area contributed by atoms with E-state index in [2.05, 4.69) is 21.2 Å². The number of benzene rings is 2. The smallest absolute Gasteiger partial charge is 0.257 e. The highest BCUT2D eigenvalue weighted by Crippen LogP contribution is 2.24. The van der Waals surface area contributed by atoms with Crippen molar-refractivity contribution in [3.63, 3.8) is 0 Å². The Morgan fingerprint density at radius 3 is 2.75 bits per heavy atom. The van der Waals surface area contributed by atoms with E-state index in [4.69, 9.17) is 22.6 Å². The summed E-state index contributed by atoms with van der Waals surface area (Å²) in [7, 11) is 0. The van der Waals surface area contributed by atoms with Crippen LogP contribution in [0.15, 0.2) is 40.9 Å². The molecule has 0 saturated heterocycles. The number of nitrogens with zero attached hydrogens (tertiary/aromatic N) is 1. The summed E-state index contributed by atoms with van der Waals surface area (Å²) in [5, 5.41) is 12.0. The van der Waals surface area contributed by atoms with Crippen LogP contribution in [0.25, 0.3) is 0 Å². The predicted molar refractivity (Wildman–Crippen MR) is 82.7 cm³/mol. The van der Waals surface area contributed by atoms with Crippen LogP contribution in [0.3, 0.4) is 0 Å². The van der Waals surface area contributed by atoms with Gasteiger partial charge in [0.1, 0.15) is 6.07 Å². The Bertz CT molecular complexity index is 725. The molecule has 3 N–H and O–H groups in total. The number of hydrogen-bond acceptors (Lipinski definition) is 3. The lowest BCUT2D eigenvalue weighted by Crippen LogP contribution is -2.13. The predicted octanol–water partition coefficient (Wildman–Crippen LogP) is 3.81. The molecule has 0 aliphatic rings. The highest BCUT2D eigenvalue weighted by atomic mass is 79.9. The lowest BCUT2D eigenvalue weighted by Gasteiger charge is -2.09. The number of rotatable bonds is 2. The van der Waals surface area contributed by atoms with Crippen LogP contribution in [-0.2, 0) is 0 Å². The first-order chi connectivity index (χ1) is 9.51. The van der Waals surface area contributed by atoms with Crippen LogP contribution < -0.4 is 11.1 Å². The van der Waals surface area contributed by atoms with E-state index in [0.717, 1.165) is 4.47 Å². The molecule has 0 atom stereocenters. The monoisotopic (exact) mass is 349 g/mol. The molecular formula is C14H9BrClN3O. The standard InChI is InChI=1S/C14H9BrClN3O/c15-9-2-1-8(7-17)13(5-9)19-14(20)11-6-10(18)3-4-12(11)16/h1-6H,18H2,(H,19,20). The van der Waals surface area contributed by atoms with Crippen LogP contribution in [0.2, 0.25) is 5.02 Å². The fourth-order valence-corrected chi connectivity index (χ4v) is 2.19. The summed E-state index contributed by atoms with van der Waals surface area (Å²) in [6, 6.07) is 11.6. The van der Waals surface area contributed by atoms with Crippen LogP contribution in [0.4, 0.5) is 11.4 Å². The molecule has 0 aliphatic carbocycles. The van der Waals surface area contributed by atoms with E-state index in [0.29, 0.717) is 22.0 Å². The average Bonchev–Trinajstić information content (AvgIpc) is 2.41. The molecule has 0 heterocycles. The second kappa shape index (κ2) is 5.95. The average molecular weight is 351 g/mol. The van der Waals surface area contributed by atoms with Crippen LogP contribution in [0, 0.1) is 11.3 Å². The molecule has 0 bridgehead atoms. The summed E-state index contributed by atoms with van der Waals surface area (Å²) < 4.78 is 0.755. The second-order valence-corrected chi connectivity index (χ2v) is 5.32. The van der Waals surface area contributed by atoms with Gasteiger partial charge in [-0.1, -0.05) is 27.5 Å². The molecule has 0 saturated carbocycles. The summed E-state index contributed by atoms with van der Waals surface area (Å²) in [5.74, 6) is -0.420. The summed E-state index contributed by atoms with van der Waals surface area (Å²) in [5.41, 5.74) is 7.11. The van der Waals surface area contributed by atoms with Gasteiger partial charge >= 0.3 is 0 Å². The van der Waals surface area contributed by atoms with Crippen molar-refractivity contribution < 1.29 is 4.79 Å². The Labute approximate surface area is 129 Å². The van der Waals surface area contributed by atoms with Gasteiger partial charge in [0, 0.05) is 10.2 Å². The first kappa shape index (κ1) is 14.4. The van der Waals surface area contributed by atoms with Gasteiger partial charge in [-0.3, -0.25) is 4.79 Å². The number of halogens is 2. The summed E-state index contributed by atoms with van der Waals surface area (Å²) >= 11 is 9.26. The van der Waals surface area contributed by atoms with Gasteiger partial charge in [-0.25, -0.2) is 0 Å². The van der Waals surface area contributed by atoms with E-state index in [1.807, 2.05) is 6.07 Å². The molecular weight excluding hydrogens is 342 g/mol. The van der Waals surface area contributed by atoms with E-state index in [9.17, 15) is 4.79 Å². The third-order valence-electron chi connectivity index (χ3n) is 2.59. The van der Waals surface area contributed by atoms with E-state index >= 15 is 0 Å². The number of nitrogens with two attached hydrogens (primary N) is 1. The number of anilines is 2. The van der Waals surface area contributed by atoms with E-state index in [1.165, 1.54) is 6.07 Å². The van der Waals surface area contributed by atoms with Gasteiger partial charge in [-0.2, -0.15) is 5.26 Å². The molecule has 0 spiro atoms. The SMILES string of the molecule is N#Cc1ccc(Br)cc1NC(=O)c1cc(N)ccc1Cl. The zero-order valence-corrected chi connectivity index (χ0v) is 12.5. The van der Waals surface area contributed by atoms with Gasteiger partial charge in [0.15, 0.2) is 0 Å². The molecule has 4 nitrogen and oxygen atoms in total. The van der Waals surface area contributed by atoms with Crippen molar-refractivity contribution in [1.29, 1.82) is 5.26 Å². The Morgan fingerprint density at radius 2 is 2.05 bits per heavy atom. The molecule has 0 aliphatic heterocycles. The van der Waals surface area contributed by atoms with Gasteiger partial charge < -0.3 is 11.1 Å². The van der Waals surface area contributed by atoms with Crippen LogP contribution >= 0.6 is 27.5 Å². The molecule has 0 radical (unpaired) electrons. The minimum absolute atomic E-state index is 0.260. The quantitative estimate of drug-likeness (QED) is 0.808. The number of carbonyl (C=O) groups excluding carboxylic acids is 1. The lowest BCUT2D eigenvalue weighted by molar-refractivity contribution is 0.102. The maximum absolute atomic E-state index is 12.2. The van der Waals surface area contributed by atoms with Crippen molar-refractivity contribution in [3.8, 4) is 6.07 Å². The van der Waals surface area contributed by atoms with Gasteiger partial charge in [0.25, 0.3) is 5.91 Å². The molecule has 0 unspecified atom stereocenters. The summed E-state index contributed by atoms with van der Waals surface area (Å²) in [6.45, 7) is 0. The number of hydrogen-bond donors (Lipinski definition) is 2. The van der Waals surface area contributed by atoms with Gasteiger partial charge in [0.05, 0.1) is 21.8 Å². The first-order valence-electron chi connectivity index (χ1n) is 5.57. The zero-order chi connectivity index (χ0) is 14.7. The number of nitrogens with one attached hydrogen (secondary N) is 1. The van der Waals surface area contributed by atoms with Gasteiger partial charge in [0.2, 0.25) is 0 Å². The molecule has 2 aromatic rings. The highest BCUT2D eigenvalue weighted by molar-refractivity contribution is 9.10. The summed E-state index contributed by atoms with van der Waals surface area (Å²) in [4.78, 5) is 12.2. The number of nitrogen functional groups attached to an aromatic ring is 1. The Kier molecular flexibility index (Phi) is 4.28. The maximum Gasteiger partial charge on any atom is 0.257 e. The normalized spacial score (nSPS) is 9.85. The first-order valence-corrected chi connectivity index (χ1v) is 6.74. The van der Waals surface area contributed by atoms with Crippen molar-refractivity contribution in [2.24, 2.45) is 0 Å². The number of carbonyl (C=O) groups is 1. The van der Waals surface area contributed by atoms with Crippen molar-refractivity contribution in [1.82, 2.24) is 0 Å². The molecule has 6 heteroatoms. The molecule has 100 valence electrons. The van der Waals surface area contributed by atoms with Crippen LogP contribution in [0.1, 0.15) is 15.9 Å². The van der Waals surface area contributed by atoms with Crippen molar-refractivity contribution in [2.45, 2.75) is 0 Å². The van der Waals surface area contributed by atoms with Crippen LogP contribution in [0.5, 0.6) is 0 Å². The van der Waals surface area contributed by atoms with E-state index < -0.39 is 5.91 Å². The Hall–Kier alpha value is -2.03. The molecule has 1 amide bonds. The Balaban J connectivity index is 2.35. The largest absolute Gasteiger partial charge is 0.399 e. The molecule has 2 rings (SSSR count). The van der Waals surface area contributed by atoms with Gasteiger partial charge in [-0.15, -0.1) is 0 Å². The molecule has 0 aromatic heterocycles. The third kappa shape index (κ3) is 3.10. The molecule has 20 heavy (non-hydrogen) atoms. The number of nitriles is 1. The topological polar surface area (TPSA) is 78.9 Å². The van der Waals surface area contributed by atoms with Crippen molar-refractivity contribution in [2.75, 3.05) is 11.1 Å². The fraction of sp³-hybridized carbons (Fsp3) is 0. The molecule has 0 fully saturated rings. The number of amides is 1. The fourth-order valence-electron chi connectivity index (χ4n) is 1.62. The Morgan fingerprint density at radius 1 is 1.30 bits per heavy atom. The minimum atomic E-state index is -0.420. The third-order valence-corrected chi connectivity index (χ3v) is 3.41. The van der Waals surface area contributed by atoms with Gasteiger partial charge in [-0.05, 0) is 36.4 Å². The van der Waals surface area contributed by atoms with E-state index in [-0.39, 0.29) is 5.56 Å². The second-order valence-electron chi connectivity index (χ2n) is 4.00. The maximum atomic E-state index is 12.2. The van der Waals surface area contributed by atoms with Crippen molar-refractivity contribution in [3.05, 3.63) is 57.0 Å². The minimum Gasteiger partial charge on any atom is -0.399 e. The molecule has 2 aromatic carbocycles. The van der Waals surface area contributed by atoms with Crippen LogP contribution in [-0.4, -0.2) is 5.91 Å². The highest BCUT2D eigenvalue weighted by Gasteiger charge is 2.13. The van der Waals surface area contributed by atoms with Crippen molar-refractivity contribution >= 4 is 44.8 Å². The summed E-state index contributed by atoms with van der Waals surface area (Å²) in [6.07, 6.45) is 0.